The molecule has 3 N–H and O–H groups in total. The molecule has 0 bridgehead atoms. The summed E-state index contributed by atoms with van der Waals surface area (Å²) in [5, 5.41) is 14.8. The third-order valence-electron chi connectivity index (χ3n) is 3.02. The van der Waals surface area contributed by atoms with Crippen molar-refractivity contribution >= 4 is 23.3 Å². The predicted molar refractivity (Wildman–Crippen MR) is 69.0 cm³/mol. The summed E-state index contributed by atoms with van der Waals surface area (Å²) < 4.78 is 0. The molecule has 0 fully saturated rings. The first-order valence-electron chi connectivity index (χ1n) is 6.06. The molecule has 1 aromatic rings. The van der Waals surface area contributed by atoms with Crippen LogP contribution in [0.3, 0.4) is 0 Å². The first-order chi connectivity index (χ1) is 8.61. The third kappa shape index (κ3) is 2.45. The lowest BCUT2D eigenvalue weighted by atomic mass is 10.0. The predicted octanol–water partition coefficient (Wildman–Crippen LogP) is 2.31. The molecule has 96 valence electrons. The normalized spacial score (nSPS) is 17.6. The van der Waals surface area contributed by atoms with Gasteiger partial charge in [0.25, 0.3) is 0 Å². The number of carbonyl (C=O) groups is 2. The van der Waals surface area contributed by atoms with Crippen LogP contribution in [0.25, 0.3) is 0 Å². The van der Waals surface area contributed by atoms with Crippen molar-refractivity contribution in [3.05, 3.63) is 23.8 Å². The van der Waals surface area contributed by atoms with E-state index in [1.165, 1.54) is 12.1 Å². The van der Waals surface area contributed by atoms with E-state index in [2.05, 4.69) is 17.6 Å². The van der Waals surface area contributed by atoms with E-state index >= 15 is 0 Å². The SMILES string of the molecule is CCCCC1Nc2ccc(C(=O)O)cc2NC1=O. The fourth-order valence-corrected chi connectivity index (χ4v) is 1.99. The van der Waals surface area contributed by atoms with Gasteiger partial charge >= 0.3 is 5.97 Å². The van der Waals surface area contributed by atoms with Crippen molar-refractivity contribution in [1.82, 2.24) is 0 Å². The summed E-state index contributed by atoms with van der Waals surface area (Å²) >= 11 is 0. The Balaban J connectivity index is 2.20. The van der Waals surface area contributed by atoms with Crippen molar-refractivity contribution in [2.75, 3.05) is 10.6 Å². The van der Waals surface area contributed by atoms with E-state index in [4.69, 9.17) is 5.11 Å². The lowest BCUT2D eigenvalue weighted by molar-refractivity contribution is -0.117. The lowest BCUT2D eigenvalue weighted by Gasteiger charge is -2.27. The number of unbranched alkanes of at least 4 members (excludes halogenated alkanes) is 1. The van der Waals surface area contributed by atoms with E-state index in [1.807, 2.05) is 0 Å². The van der Waals surface area contributed by atoms with E-state index in [-0.39, 0.29) is 17.5 Å². The Kier molecular flexibility index (Phi) is 3.50. The molecule has 1 heterocycles. The molecule has 1 aliphatic heterocycles. The molecule has 0 saturated carbocycles. The molecule has 5 nitrogen and oxygen atoms in total. The lowest BCUT2D eigenvalue weighted by Crippen LogP contribution is -2.38. The molecule has 5 heteroatoms. The summed E-state index contributed by atoms with van der Waals surface area (Å²) in [7, 11) is 0. The maximum absolute atomic E-state index is 11.8. The van der Waals surface area contributed by atoms with Crippen molar-refractivity contribution in [1.29, 1.82) is 0 Å². The van der Waals surface area contributed by atoms with Gasteiger partial charge in [-0.3, -0.25) is 4.79 Å². The number of carboxylic acid groups (broad SMARTS) is 1. The monoisotopic (exact) mass is 248 g/mol. The van der Waals surface area contributed by atoms with Gasteiger partial charge < -0.3 is 15.7 Å². The van der Waals surface area contributed by atoms with Gasteiger partial charge in [-0.1, -0.05) is 19.8 Å². The van der Waals surface area contributed by atoms with Gasteiger partial charge in [0.05, 0.1) is 16.9 Å². The molecule has 1 amide bonds. The van der Waals surface area contributed by atoms with Crippen molar-refractivity contribution in [2.45, 2.75) is 32.2 Å². The number of hydrogen-bond donors (Lipinski definition) is 3. The van der Waals surface area contributed by atoms with E-state index in [0.717, 1.165) is 24.9 Å². The number of anilines is 2. The van der Waals surface area contributed by atoms with Crippen LogP contribution in [-0.2, 0) is 4.79 Å². The number of benzene rings is 1. The van der Waals surface area contributed by atoms with Crippen LogP contribution in [0.15, 0.2) is 18.2 Å². The smallest absolute Gasteiger partial charge is 0.335 e. The van der Waals surface area contributed by atoms with Crippen molar-refractivity contribution in [3.63, 3.8) is 0 Å². The Hall–Kier alpha value is -2.04. The number of amides is 1. The van der Waals surface area contributed by atoms with Crippen molar-refractivity contribution < 1.29 is 14.7 Å². The number of hydrogen-bond acceptors (Lipinski definition) is 3. The van der Waals surface area contributed by atoms with Gasteiger partial charge in [0.1, 0.15) is 6.04 Å². The Labute approximate surface area is 105 Å². The number of rotatable bonds is 4. The van der Waals surface area contributed by atoms with Gasteiger partial charge in [-0.2, -0.15) is 0 Å². The summed E-state index contributed by atoms with van der Waals surface area (Å²) in [5.74, 6) is -1.10. The number of carbonyl (C=O) groups excluding carboxylic acids is 1. The quantitative estimate of drug-likeness (QED) is 0.764. The van der Waals surface area contributed by atoms with Gasteiger partial charge in [0, 0.05) is 0 Å². The van der Waals surface area contributed by atoms with Crippen LogP contribution in [0.1, 0.15) is 36.5 Å². The van der Waals surface area contributed by atoms with Crippen LogP contribution in [0.4, 0.5) is 11.4 Å². The van der Waals surface area contributed by atoms with Gasteiger partial charge in [-0.25, -0.2) is 4.79 Å². The second kappa shape index (κ2) is 5.08. The van der Waals surface area contributed by atoms with Crippen LogP contribution in [0.5, 0.6) is 0 Å². The molecule has 0 spiro atoms. The van der Waals surface area contributed by atoms with Gasteiger partial charge in [0.15, 0.2) is 0 Å². The largest absolute Gasteiger partial charge is 0.478 e. The Bertz CT molecular complexity index is 485. The number of carboxylic acids is 1. The summed E-state index contributed by atoms with van der Waals surface area (Å²) in [5.41, 5.74) is 1.48. The van der Waals surface area contributed by atoms with Gasteiger partial charge in [0.2, 0.25) is 5.91 Å². The zero-order valence-electron chi connectivity index (χ0n) is 10.2. The first-order valence-corrected chi connectivity index (χ1v) is 6.06. The summed E-state index contributed by atoms with van der Waals surface area (Å²) in [4.78, 5) is 22.7. The second-order valence-corrected chi connectivity index (χ2v) is 4.39. The van der Waals surface area contributed by atoms with Crippen molar-refractivity contribution in [3.8, 4) is 0 Å². The van der Waals surface area contributed by atoms with E-state index in [1.54, 1.807) is 6.07 Å². The van der Waals surface area contributed by atoms with Crippen LogP contribution < -0.4 is 10.6 Å². The molecule has 18 heavy (non-hydrogen) atoms. The fourth-order valence-electron chi connectivity index (χ4n) is 1.99. The highest BCUT2D eigenvalue weighted by molar-refractivity contribution is 6.04. The molecule has 0 aromatic heterocycles. The van der Waals surface area contributed by atoms with Crippen LogP contribution in [0, 0.1) is 0 Å². The Morgan fingerprint density at radius 1 is 1.39 bits per heavy atom. The summed E-state index contributed by atoms with van der Waals surface area (Å²) in [6.45, 7) is 2.08. The minimum atomic E-state index is -1.000. The molecular weight excluding hydrogens is 232 g/mol. The summed E-state index contributed by atoms with van der Waals surface area (Å²) in [6, 6.07) is 4.46. The zero-order valence-corrected chi connectivity index (χ0v) is 10.2. The molecule has 0 radical (unpaired) electrons. The highest BCUT2D eigenvalue weighted by Gasteiger charge is 2.25. The zero-order chi connectivity index (χ0) is 13.1. The third-order valence-corrected chi connectivity index (χ3v) is 3.02. The van der Waals surface area contributed by atoms with E-state index in [9.17, 15) is 9.59 Å². The van der Waals surface area contributed by atoms with E-state index < -0.39 is 5.97 Å². The van der Waals surface area contributed by atoms with Crippen molar-refractivity contribution in [2.24, 2.45) is 0 Å². The number of aromatic carboxylic acids is 1. The molecule has 1 atom stereocenters. The number of nitrogens with one attached hydrogen (secondary N) is 2. The topological polar surface area (TPSA) is 78.4 Å². The molecule has 1 unspecified atom stereocenters. The Morgan fingerprint density at radius 2 is 2.17 bits per heavy atom. The minimum absolute atomic E-state index is 0.0986. The van der Waals surface area contributed by atoms with E-state index in [0.29, 0.717) is 5.69 Å². The average molecular weight is 248 g/mol. The van der Waals surface area contributed by atoms with Gasteiger partial charge in [-0.05, 0) is 24.6 Å². The molecular formula is C13H16N2O3. The Morgan fingerprint density at radius 3 is 2.83 bits per heavy atom. The first kappa shape index (κ1) is 12.4. The maximum Gasteiger partial charge on any atom is 0.335 e. The maximum atomic E-state index is 11.8. The highest BCUT2D eigenvalue weighted by Crippen LogP contribution is 2.28. The highest BCUT2D eigenvalue weighted by atomic mass is 16.4. The van der Waals surface area contributed by atoms with Crippen LogP contribution in [-0.4, -0.2) is 23.0 Å². The van der Waals surface area contributed by atoms with Gasteiger partial charge in [-0.15, -0.1) is 0 Å². The molecule has 1 aliphatic rings. The second-order valence-electron chi connectivity index (χ2n) is 4.39. The molecule has 0 saturated heterocycles. The standard InChI is InChI=1S/C13H16N2O3/c1-2-3-4-10-12(16)15-11-7-8(13(17)18)5-6-9(11)14-10/h5-7,10,14H,2-4H2,1H3,(H,15,16)(H,17,18). The number of fused-ring (bicyclic) bond motifs is 1. The van der Waals surface area contributed by atoms with Crippen LogP contribution >= 0.6 is 0 Å². The average Bonchev–Trinajstić information content (AvgIpc) is 2.35. The summed E-state index contributed by atoms with van der Waals surface area (Å²) in [6.07, 6.45) is 2.80. The fraction of sp³-hybridized carbons (Fsp3) is 0.385. The molecule has 2 rings (SSSR count). The molecule has 0 aliphatic carbocycles. The van der Waals surface area contributed by atoms with Crippen LogP contribution in [0.2, 0.25) is 0 Å². The minimum Gasteiger partial charge on any atom is -0.478 e. The molecule has 1 aromatic carbocycles.